The summed E-state index contributed by atoms with van der Waals surface area (Å²) in [6.07, 6.45) is 0. The fourth-order valence-electron chi connectivity index (χ4n) is 4.58. The summed E-state index contributed by atoms with van der Waals surface area (Å²) in [5.41, 5.74) is 1.82. The van der Waals surface area contributed by atoms with Crippen LogP contribution in [0.2, 0.25) is 10.0 Å². The molecule has 0 radical (unpaired) electrons. The van der Waals surface area contributed by atoms with Gasteiger partial charge in [-0.15, -0.1) is 0 Å². The number of Topliss-reactive ketones (excluding diaryl/α,β-unsaturated/α-hetero) is 1. The molecule has 1 aliphatic heterocycles. The van der Waals surface area contributed by atoms with E-state index in [2.05, 4.69) is 9.88 Å². The van der Waals surface area contributed by atoms with E-state index in [-0.39, 0.29) is 40.8 Å². The summed E-state index contributed by atoms with van der Waals surface area (Å²) in [6, 6.07) is 3.99. The molecule has 3 rings (SSSR count). The molecule has 1 saturated heterocycles. The van der Waals surface area contributed by atoms with Crippen molar-refractivity contribution >= 4 is 46.6 Å². The molecule has 10 heteroatoms. The summed E-state index contributed by atoms with van der Waals surface area (Å²) in [7, 11) is 0. The number of hydrogen-bond donors (Lipinski definition) is 2. The first kappa shape index (κ1) is 27.8. The quantitative estimate of drug-likeness (QED) is 0.205. The minimum Gasteiger partial charge on any atom is -0.507 e. The van der Waals surface area contributed by atoms with Gasteiger partial charge in [-0.25, -0.2) is 4.79 Å². The van der Waals surface area contributed by atoms with E-state index < -0.39 is 23.7 Å². The van der Waals surface area contributed by atoms with Crippen LogP contribution in [0.1, 0.15) is 59.7 Å². The molecular formula is C26H31Cl2N3O5. The maximum Gasteiger partial charge on any atom is 0.355 e. The Labute approximate surface area is 220 Å². The van der Waals surface area contributed by atoms with E-state index >= 15 is 0 Å². The molecule has 1 aromatic carbocycles. The number of H-pyrrole nitrogens is 1. The fraction of sp³-hybridized carbons (Fsp3) is 0.423. The number of carbonyl (C=O) groups is 3. The smallest absolute Gasteiger partial charge is 0.355 e. The number of ketones is 1. The lowest BCUT2D eigenvalue weighted by atomic mass is 9.94. The number of carbonyl (C=O) groups excluding carboxylic acids is 3. The van der Waals surface area contributed by atoms with E-state index in [9.17, 15) is 19.5 Å². The lowest BCUT2D eigenvalue weighted by molar-refractivity contribution is -0.140. The first-order chi connectivity index (χ1) is 17.1. The molecule has 194 valence electrons. The van der Waals surface area contributed by atoms with Gasteiger partial charge >= 0.3 is 5.97 Å². The molecule has 0 aliphatic carbocycles. The number of aryl methyl sites for hydroxylation is 1. The number of amides is 1. The van der Waals surface area contributed by atoms with Crippen molar-refractivity contribution in [2.75, 3.05) is 32.8 Å². The van der Waals surface area contributed by atoms with Gasteiger partial charge < -0.3 is 24.6 Å². The first-order valence-corrected chi connectivity index (χ1v) is 12.6. The zero-order chi connectivity index (χ0) is 26.7. The van der Waals surface area contributed by atoms with Crippen molar-refractivity contribution < 1.29 is 24.2 Å². The third-order valence-electron chi connectivity index (χ3n) is 6.50. The molecule has 2 aromatic rings. The van der Waals surface area contributed by atoms with Gasteiger partial charge in [0.1, 0.15) is 11.5 Å². The number of ether oxygens (including phenoxy) is 1. The van der Waals surface area contributed by atoms with E-state index in [4.69, 9.17) is 27.9 Å². The van der Waals surface area contributed by atoms with Crippen LogP contribution in [0, 0.1) is 13.8 Å². The number of nitrogens with one attached hydrogen (secondary N) is 1. The SMILES string of the molecule is CCOC(=O)c1[nH]c(C)c(/C(O)=C2\C(=O)C(=O)N(CCN(CC)CC)C2c2ccc(Cl)c(Cl)c2)c1C. The Morgan fingerprint density at radius 1 is 1.14 bits per heavy atom. The second-order valence-corrected chi connectivity index (χ2v) is 9.35. The van der Waals surface area contributed by atoms with Crippen molar-refractivity contribution in [3.05, 3.63) is 61.9 Å². The number of benzene rings is 1. The highest BCUT2D eigenvalue weighted by Crippen LogP contribution is 2.42. The molecule has 0 bridgehead atoms. The van der Waals surface area contributed by atoms with Crippen LogP contribution in [0.4, 0.5) is 0 Å². The normalized spacial score (nSPS) is 17.3. The Balaban J connectivity index is 2.19. The zero-order valence-electron chi connectivity index (χ0n) is 21.1. The summed E-state index contributed by atoms with van der Waals surface area (Å²) in [4.78, 5) is 45.5. The molecule has 1 amide bonds. The van der Waals surface area contributed by atoms with Crippen LogP contribution in [0.15, 0.2) is 23.8 Å². The number of hydrogen-bond acceptors (Lipinski definition) is 6. The van der Waals surface area contributed by atoms with Gasteiger partial charge in [-0.1, -0.05) is 43.1 Å². The van der Waals surface area contributed by atoms with Crippen LogP contribution in [0.3, 0.4) is 0 Å². The minimum absolute atomic E-state index is 0.0708. The van der Waals surface area contributed by atoms with Crippen molar-refractivity contribution in [2.24, 2.45) is 0 Å². The van der Waals surface area contributed by atoms with Crippen molar-refractivity contribution in [3.63, 3.8) is 0 Å². The highest BCUT2D eigenvalue weighted by molar-refractivity contribution is 6.47. The monoisotopic (exact) mass is 535 g/mol. The standard InChI is InChI=1S/C26H31Cl2N3O5/c1-6-30(7-2)11-12-31-22(16-9-10-17(27)18(28)13-16)20(24(33)25(31)34)23(32)19-14(4)21(29-15(19)5)26(35)36-8-3/h9-10,13,22,29,32H,6-8,11-12H2,1-5H3/b23-20+. The van der Waals surface area contributed by atoms with Crippen molar-refractivity contribution in [3.8, 4) is 0 Å². The Morgan fingerprint density at radius 2 is 1.81 bits per heavy atom. The molecular weight excluding hydrogens is 505 g/mol. The molecule has 0 spiro atoms. The third-order valence-corrected chi connectivity index (χ3v) is 7.24. The summed E-state index contributed by atoms with van der Waals surface area (Å²) in [5, 5.41) is 12.1. The number of aromatic nitrogens is 1. The molecule has 2 N–H and O–H groups in total. The molecule has 1 unspecified atom stereocenters. The van der Waals surface area contributed by atoms with Gasteiger partial charge in [0.15, 0.2) is 0 Å². The Kier molecular flexibility index (Phi) is 8.87. The minimum atomic E-state index is -0.880. The van der Waals surface area contributed by atoms with Crippen LogP contribution in [-0.2, 0) is 14.3 Å². The number of halogens is 2. The zero-order valence-corrected chi connectivity index (χ0v) is 22.6. The topological polar surface area (TPSA) is 103 Å². The van der Waals surface area contributed by atoms with Gasteiger partial charge in [-0.2, -0.15) is 0 Å². The first-order valence-electron chi connectivity index (χ1n) is 11.9. The fourth-order valence-corrected chi connectivity index (χ4v) is 4.88. The van der Waals surface area contributed by atoms with Gasteiger partial charge in [0.2, 0.25) is 0 Å². The lowest BCUT2D eigenvalue weighted by Crippen LogP contribution is -2.38. The average molecular weight is 536 g/mol. The van der Waals surface area contributed by atoms with Crippen LogP contribution in [0.5, 0.6) is 0 Å². The summed E-state index contributed by atoms with van der Waals surface area (Å²) in [6.45, 7) is 11.6. The molecule has 0 saturated carbocycles. The average Bonchev–Trinajstić information content (AvgIpc) is 3.28. The van der Waals surface area contributed by atoms with E-state index in [0.29, 0.717) is 28.4 Å². The number of esters is 1. The summed E-state index contributed by atoms with van der Waals surface area (Å²) >= 11 is 12.4. The van der Waals surface area contributed by atoms with Gasteiger partial charge in [-0.05, 0) is 57.1 Å². The summed E-state index contributed by atoms with van der Waals surface area (Å²) in [5.74, 6) is -2.45. The van der Waals surface area contributed by atoms with Crippen molar-refractivity contribution in [1.29, 1.82) is 0 Å². The molecule has 36 heavy (non-hydrogen) atoms. The number of nitrogens with zero attached hydrogens (tertiary/aromatic N) is 2. The van der Waals surface area contributed by atoms with E-state index in [1.165, 1.54) is 4.90 Å². The second kappa shape index (κ2) is 11.5. The number of rotatable bonds is 9. The number of aliphatic hydroxyl groups excluding tert-OH is 1. The highest BCUT2D eigenvalue weighted by atomic mass is 35.5. The third kappa shape index (κ3) is 5.16. The highest BCUT2D eigenvalue weighted by Gasteiger charge is 2.46. The summed E-state index contributed by atoms with van der Waals surface area (Å²) < 4.78 is 5.10. The Bertz CT molecular complexity index is 1220. The molecule has 1 fully saturated rings. The predicted octanol–water partition coefficient (Wildman–Crippen LogP) is 4.88. The number of likely N-dealkylation sites (N-methyl/N-ethyl adjacent to an activating group) is 1. The Morgan fingerprint density at radius 3 is 2.39 bits per heavy atom. The van der Waals surface area contributed by atoms with Crippen LogP contribution in [-0.4, -0.2) is 70.3 Å². The number of aromatic amines is 1. The molecule has 1 aromatic heterocycles. The molecule has 2 heterocycles. The van der Waals surface area contributed by atoms with Crippen LogP contribution < -0.4 is 0 Å². The number of likely N-dealkylation sites (tertiary alicyclic amines) is 1. The van der Waals surface area contributed by atoms with E-state index in [0.717, 1.165) is 13.1 Å². The van der Waals surface area contributed by atoms with Gasteiger partial charge in [0.25, 0.3) is 11.7 Å². The van der Waals surface area contributed by atoms with E-state index in [1.807, 2.05) is 13.8 Å². The van der Waals surface area contributed by atoms with Gasteiger partial charge in [0.05, 0.1) is 28.3 Å². The predicted molar refractivity (Wildman–Crippen MR) is 139 cm³/mol. The second-order valence-electron chi connectivity index (χ2n) is 8.54. The van der Waals surface area contributed by atoms with Crippen molar-refractivity contribution in [2.45, 2.75) is 40.7 Å². The van der Waals surface area contributed by atoms with Crippen molar-refractivity contribution in [1.82, 2.24) is 14.8 Å². The van der Waals surface area contributed by atoms with Crippen LogP contribution >= 0.6 is 23.2 Å². The molecule has 1 aliphatic rings. The van der Waals surface area contributed by atoms with E-state index in [1.54, 1.807) is 39.0 Å². The maximum atomic E-state index is 13.3. The molecule has 8 nitrogen and oxygen atoms in total. The van der Waals surface area contributed by atoms with Crippen LogP contribution in [0.25, 0.3) is 5.76 Å². The number of aliphatic hydroxyl groups is 1. The lowest BCUT2D eigenvalue weighted by Gasteiger charge is -2.28. The Hall–Kier alpha value is -2.81. The maximum absolute atomic E-state index is 13.3. The molecule has 1 atom stereocenters. The van der Waals surface area contributed by atoms with Gasteiger partial charge in [0, 0.05) is 24.3 Å². The largest absolute Gasteiger partial charge is 0.507 e. The van der Waals surface area contributed by atoms with Gasteiger partial charge in [-0.3, -0.25) is 9.59 Å².